The zero-order chi connectivity index (χ0) is 16.7. The summed E-state index contributed by atoms with van der Waals surface area (Å²) in [4.78, 5) is 14.4. The number of hydrogen-bond donors (Lipinski definition) is 2. The van der Waals surface area contributed by atoms with Crippen LogP contribution in [0.15, 0.2) is 24.3 Å². The van der Waals surface area contributed by atoms with Gasteiger partial charge in [0.1, 0.15) is 0 Å². The third kappa shape index (κ3) is 6.80. The number of carbonyl (C=O) groups is 1. The molecule has 0 saturated carbocycles. The lowest BCUT2D eigenvalue weighted by Crippen LogP contribution is -2.40. The number of halogens is 1. The number of amides is 1. The van der Waals surface area contributed by atoms with Crippen LogP contribution in [0.3, 0.4) is 0 Å². The van der Waals surface area contributed by atoms with Gasteiger partial charge in [-0.3, -0.25) is 9.69 Å². The standard InChI is InChI=1S/C19H31N3O.ClH/c1-3-5-18(20)19(23)21-12-16-7-9-17(10-8-16)14-22-11-4-6-15(2)13-22;/h7-10,15,18H,3-6,11-14,20H2,1-2H3,(H,21,23);1H. The van der Waals surface area contributed by atoms with Gasteiger partial charge in [0.25, 0.3) is 0 Å². The van der Waals surface area contributed by atoms with Gasteiger partial charge in [0.05, 0.1) is 6.04 Å². The number of piperidine rings is 1. The summed E-state index contributed by atoms with van der Waals surface area (Å²) in [6, 6.07) is 8.17. The summed E-state index contributed by atoms with van der Waals surface area (Å²) >= 11 is 0. The quantitative estimate of drug-likeness (QED) is 0.792. The maximum atomic E-state index is 11.8. The molecule has 2 unspecified atom stereocenters. The zero-order valence-electron chi connectivity index (χ0n) is 15.0. The maximum absolute atomic E-state index is 11.8. The predicted octanol–water partition coefficient (Wildman–Crippen LogP) is 3.08. The van der Waals surface area contributed by atoms with E-state index in [1.54, 1.807) is 0 Å². The Morgan fingerprint density at radius 3 is 2.62 bits per heavy atom. The Kier molecular flexibility index (Phi) is 9.34. The molecule has 1 heterocycles. The molecule has 0 aromatic heterocycles. The molecule has 0 radical (unpaired) electrons. The van der Waals surface area contributed by atoms with Gasteiger partial charge in [-0.15, -0.1) is 12.4 Å². The first-order chi connectivity index (χ1) is 11.1. The van der Waals surface area contributed by atoms with Crippen molar-refractivity contribution in [1.29, 1.82) is 0 Å². The Balaban J connectivity index is 0.00000288. The number of benzene rings is 1. The monoisotopic (exact) mass is 353 g/mol. The molecule has 3 N–H and O–H groups in total. The van der Waals surface area contributed by atoms with Crippen molar-refractivity contribution in [2.45, 2.75) is 58.7 Å². The fourth-order valence-corrected chi connectivity index (χ4v) is 3.21. The second-order valence-electron chi connectivity index (χ2n) is 6.91. The van der Waals surface area contributed by atoms with Crippen LogP contribution in [0, 0.1) is 5.92 Å². The Labute approximate surface area is 152 Å². The minimum atomic E-state index is -0.389. The van der Waals surface area contributed by atoms with E-state index in [-0.39, 0.29) is 24.4 Å². The van der Waals surface area contributed by atoms with Crippen molar-refractivity contribution in [3.63, 3.8) is 0 Å². The second kappa shape index (κ2) is 10.7. The van der Waals surface area contributed by atoms with Gasteiger partial charge in [0.2, 0.25) is 5.91 Å². The lowest BCUT2D eigenvalue weighted by atomic mass is 9.99. The Morgan fingerprint density at radius 2 is 2.00 bits per heavy atom. The predicted molar refractivity (Wildman–Crippen MR) is 102 cm³/mol. The largest absolute Gasteiger partial charge is 0.351 e. The van der Waals surface area contributed by atoms with Crippen molar-refractivity contribution in [3.05, 3.63) is 35.4 Å². The first-order valence-electron chi connectivity index (χ1n) is 8.92. The lowest BCUT2D eigenvalue weighted by Gasteiger charge is -2.30. The molecule has 2 atom stereocenters. The molecule has 0 bridgehead atoms. The second-order valence-corrected chi connectivity index (χ2v) is 6.91. The van der Waals surface area contributed by atoms with E-state index in [9.17, 15) is 4.79 Å². The highest BCUT2D eigenvalue weighted by Crippen LogP contribution is 2.18. The van der Waals surface area contributed by atoms with Crippen LogP contribution in [-0.2, 0) is 17.9 Å². The van der Waals surface area contributed by atoms with Crippen LogP contribution in [0.1, 0.15) is 50.7 Å². The zero-order valence-corrected chi connectivity index (χ0v) is 15.8. The summed E-state index contributed by atoms with van der Waals surface area (Å²) < 4.78 is 0. The molecule has 1 saturated heterocycles. The van der Waals surface area contributed by atoms with Gasteiger partial charge in [-0.25, -0.2) is 0 Å². The van der Waals surface area contributed by atoms with Crippen LogP contribution < -0.4 is 11.1 Å². The van der Waals surface area contributed by atoms with Gasteiger partial charge < -0.3 is 11.1 Å². The maximum Gasteiger partial charge on any atom is 0.237 e. The van der Waals surface area contributed by atoms with E-state index in [4.69, 9.17) is 5.73 Å². The highest BCUT2D eigenvalue weighted by atomic mass is 35.5. The van der Waals surface area contributed by atoms with E-state index in [0.29, 0.717) is 6.54 Å². The molecule has 2 rings (SSSR count). The van der Waals surface area contributed by atoms with Crippen molar-refractivity contribution in [1.82, 2.24) is 10.2 Å². The van der Waals surface area contributed by atoms with Gasteiger partial charge in [-0.1, -0.05) is 44.5 Å². The SMILES string of the molecule is CCCC(N)C(=O)NCc1ccc(CN2CCCC(C)C2)cc1.Cl. The molecule has 4 nitrogen and oxygen atoms in total. The molecular weight excluding hydrogens is 322 g/mol. The number of carbonyl (C=O) groups excluding carboxylic acids is 1. The molecule has 24 heavy (non-hydrogen) atoms. The topological polar surface area (TPSA) is 58.4 Å². The van der Waals surface area contributed by atoms with Crippen molar-refractivity contribution in [2.24, 2.45) is 11.7 Å². The minimum Gasteiger partial charge on any atom is -0.351 e. The summed E-state index contributed by atoms with van der Waals surface area (Å²) in [5, 5.41) is 2.92. The summed E-state index contributed by atoms with van der Waals surface area (Å²) in [6.07, 6.45) is 4.33. The smallest absolute Gasteiger partial charge is 0.237 e. The molecule has 1 aliphatic heterocycles. The number of hydrogen-bond acceptors (Lipinski definition) is 3. The molecule has 5 heteroatoms. The Bertz CT molecular complexity index is 492. The van der Waals surface area contributed by atoms with E-state index in [0.717, 1.165) is 30.9 Å². The third-order valence-corrected chi connectivity index (χ3v) is 4.57. The highest BCUT2D eigenvalue weighted by Gasteiger charge is 2.16. The van der Waals surface area contributed by atoms with Crippen molar-refractivity contribution in [2.75, 3.05) is 13.1 Å². The number of rotatable bonds is 7. The third-order valence-electron chi connectivity index (χ3n) is 4.57. The average Bonchev–Trinajstić information content (AvgIpc) is 2.54. The van der Waals surface area contributed by atoms with Gasteiger partial charge in [-0.05, 0) is 42.9 Å². The van der Waals surface area contributed by atoms with Crippen molar-refractivity contribution in [3.8, 4) is 0 Å². The molecule has 1 amide bonds. The number of nitrogens with one attached hydrogen (secondary N) is 1. The number of nitrogens with zero attached hydrogens (tertiary/aromatic N) is 1. The molecule has 136 valence electrons. The first-order valence-corrected chi connectivity index (χ1v) is 8.92. The fraction of sp³-hybridized carbons (Fsp3) is 0.632. The minimum absolute atomic E-state index is 0. The van der Waals surface area contributed by atoms with Gasteiger partial charge in [0, 0.05) is 19.6 Å². The van der Waals surface area contributed by atoms with Crippen LogP contribution in [-0.4, -0.2) is 29.9 Å². The Morgan fingerprint density at radius 1 is 1.33 bits per heavy atom. The van der Waals surface area contributed by atoms with Gasteiger partial charge in [0.15, 0.2) is 0 Å². The summed E-state index contributed by atoms with van der Waals surface area (Å²) in [6.45, 7) is 8.36. The van der Waals surface area contributed by atoms with Gasteiger partial charge >= 0.3 is 0 Å². The molecule has 1 aromatic carbocycles. The number of likely N-dealkylation sites (tertiary alicyclic amines) is 1. The van der Waals surface area contributed by atoms with Crippen LogP contribution in [0.4, 0.5) is 0 Å². The Hall–Kier alpha value is -1.10. The molecule has 0 spiro atoms. The average molecular weight is 354 g/mol. The number of nitrogens with two attached hydrogens (primary N) is 1. The fourth-order valence-electron chi connectivity index (χ4n) is 3.21. The van der Waals surface area contributed by atoms with E-state index >= 15 is 0 Å². The van der Waals surface area contributed by atoms with E-state index in [1.807, 2.05) is 6.92 Å². The van der Waals surface area contributed by atoms with Crippen molar-refractivity contribution < 1.29 is 4.79 Å². The van der Waals surface area contributed by atoms with Crippen LogP contribution >= 0.6 is 12.4 Å². The molecule has 1 fully saturated rings. The van der Waals surface area contributed by atoms with E-state index in [2.05, 4.69) is 41.4 Å². The van der Waals surface area contributed by atoms with Crippen molar-refractivity contribution >= 4 is 18.3 Å². The normalized spacial score (nSPS) is 19.4. The van der Waals surface area contributed by atoms with E-state index < -0.39 is 0 Å². The molecule has 1 aromatic rings. The molecule has 1 aliphatic rings. The molecular formula is C19H32ClN3O. The highest BCUT2D eigenvalue weighted by molar-refractivity contribution is 5.85. The first kappa shape index (κ1) is 20.9. The van der Waals surface area contributed by atoms with Crippen LogP contribution in [0.5, 0.6) is 0 Å². The van der Waals surface area contributed by atoms with Gasteiger partial charge in [-0.2, -0.15) is 0 Å². The summed E-state index contributed by atoms with van der Waals surface area (Å²) in [5.41, 5.74) is 8.28. The van der Waals surface area contributed by atoms with Crippen LogP contribution in [0.2, 0.25) is 0 Å². The van der Waals surface area contributed by atoms with E-state index in [1.165, 1.54) is 31.5 Å². The lowest BCUT2D eigenvalue weighted by molar-refractivity contribution is -0.122. The summed E-state index contributed by atoms with van der Waals surface area (Å²) in [5.74, 6) is 0.754. The molecule has 0 aliphatic carbocycles. The summed E-state index contributed by atoms with van der Waals surface area (Å²) in [7, 11) is 0. The van der Waals surface area contributed by atoms with Crippen LogP contribution in [0.25, 0.3) is 0 Å².